The fourth-order valence-electron chi connectivity index (χ4n) is 3.32. The number of nitrogens with one attached hydrogen (secondary N) is 1. The highest BCUT2D eigenvalue weighted by Crippen LogP contribution is 2.40. The van der Waals surface area contributed by atoms with Crippen molar-refractivity contribution >= 4 is 0 Å². The van der Waals surface area contributed by atoms with E-state index in [4.69, 9.17) is 0 Å². The van der Waals surface area contributed by atoms with E-state index in [0.717, 1.165) is 17.8 Å². The number of rotatable bonds is 3. The number of hydrogen-bond donors (Lipinski definition) is 1. The summed E-state index contributed by atoms with van der Waals surface area (Å²) < 4.78 is 0. The molecule has 2 aliphatic heterocycles. The Labute approximate surface area is 94.4 Å². The molecule has 88 valence electrons. The van der Waals surface area contributed by atoms with Gasteiger partial charge in [-0.05, 0) is 38.1 Å². The standard InChI is InChI=1S/C13H26N2/c1-5-10(2)8-15-9-11-6-14-7-12(11)13(15,3)4/h10-12,14H,5-9H2,1-4H3. The summed E-state index contributed by atoms with van der Waals surface area (Å²) in [6, 6.07) is 0. The summed E-state index contributed by atoms with van der Waals surface area (Å²) in [4.78, 5) is 2.73. The van der Waals surface area contributed by atoms with Crippen molar-refractivity contribution in [3.8, 4) is 0 Å². The quantitative estimate of drug-likeness (QED) is 0.766. The molecule has 2 rings (SSSR count). The molecule has 2 saturated heterocycles. The first-order chi connectivity index (χ1) is 7.05. The van der Waals surface area contributed by atoms with E-state index < -0.39 is 0 Å². The first-order valence-electron chi connectivity index (χ1n) is 6.51. The molecule has 0 bridgehead atoms. The second-order valence-corrected chi connectivity index (χ2v) is 6.10. The van der Waals surface area contributed by atoms with Crippen molar-refractivity contribution in [1.82, 2.24) is 10.2 Å². The third-order valence-electron chi connectivity index (χ3n) is 4.75. The molecule has 2 heteroatoms. The average molecular weight is 210 g/mol. The summed E-state index contributed by atoms with van der Waals surface area (Å²) in [6.07, 6.45) is 1.31. The van der Waals surface area contributed by atoms with Crippen LogP contribution >= 0.6 is 0 Å². The number of nitrogens with zero attached hydrogens (tertiary/aromatic N) is 1. The summed E-state index contributed by atoms with van der Waals surface area (Å²) in [5.41, 5.74) is 0.414. The minimum absolute atomic E-state index is 0.414. The Morgan fingerprint density at radius 3 is 2.73 bits per heavy atom. The molecule has 0 saturated carbocycles. The van der Waals surface area contributed by atoms with Crippen molar-refractivity contribution in [2.75, 3.05) is 26.2 Å². The van der Waals surface area contributed by atoms with Crippen LogP contribution in [0.15, 0.2) is 0 Å². The molecule has 2 heterocycles. The van der Waals surface area contributed by atoms with Crippen LogP contribution in [0.3, 0.4) is 0 Å². The molecular weight excluding hydrogens is 184 g/mol. The summed E-state index contributed by atoms with van der Waals surface area (Å²) in [7, 11) is 0. The maximum absolute atomic E-state index is 3.54. The molecule has 3 unspecified atom stereocenters. The van der Waals surface area contributed by atoms with E-state index in [1.807, 2.05) is 0 Å². The van der Waals surface area contributed by atoms with Crippen LogP contribution in [0.2, 0.25) is 0 Å². The molecule has 2 nitrogen and oxygen atoms in total. The largest absolute Gasteiger partial charge is 0.316 e. The molecule has 0 aromatic carbocycles. The summed E-state index contributed by atoms with van der Waals surface area (Å²) in [5, 5.41) is 3.54. The highest BCUT2D eigenvalue weighted by Gasteiger charge is 2.49. The van der Waals surface area contributed by atoms with Crippen LogP contribution in [0.4, 0.5) is 0 Å². The minimum Gasteiger partial charge on any atom is -0.316 e. The van der Waals surface area contributed by atoms with Gasteiger partial charge in [-0.1, -0.05) is 20.3 Å². The molecule has 0 radical (unpaired) electrons. The molecule has 0 aromatic rings. The second-order valence-electron chi connectivity index (χ2n) is 6.10. The molecule has 0 aliphatic carbocycles. The van der Waals surface area contributed by atoms with Crippen LogP contribution in [0, 0.1) is 17.8 Å². The maximum Gasteiger partial charge on any atom is 0.0197 e. The van der Waals surface area contributed by atoms with E-state index in [-0.39, 0.29) is 0 Å². The van der Waals surface area contributed by atoms with Crippen molar-refractivity contribution < 1.29 is 0 Å². The fraction of sp³-hybridized carbons (Fsp3) is 1.00. The lowest BCUT2D eigenvalue weighted by molar-refractivity contribution is 0.120. The van der Waals surface area contributed by atoms with Gasteiger partial charge in [-0.2, -0.15) is 0 Å². The smallest absolute Gasteiger partial charge is 0.0197 e. The van der Waals surface area contributed by atoms with Gasteiger partial charge in [0.25, 0.3) is 0 Å². The van der Waals surface area contributed by atoms with Gasteiger partial charge >= 0.3 is 0 Å². The second kappa shape index (κ2) is 4.06. The normalized spacial score (nSPS) is 36.8. The van der Waals surface area contributed by atoms with Crippen LogP contribution in [0.25, 0.3) is 0 Å². The zero-order valence-corrected chi connectivity index (χ0v) is 10.7. The van der Waals surface area contributed by atoms with Gasteiger partial charge in [0, 0.05) is 25.2 Å². The van der Waals surface area contributed by atoms with E-state index in [2.05, 4.69) is 37.9 Å². The van der Waals surface area contributed by atoms with Crippen molar-refractivity contribution in [3.05, 3.63) is 0 Å². The average Bonchev–Trinajstić information content (AvgIpc) is 2.71. The Kier molecular flexibility index (Phi) is 3.09. The summed E-state index contributed by atoms with van der Waals surface area (Å²) >= 11 is 0. The highest BCUT2D eigenvalue weighted by molar-refractivity contribution is 5.04. The SMILES string of the molecule is CCC(C)CN1CC2CNCC2C1(C)C. The fourth-order valence-corrected chi connectivity index (χ4v) is 3.32. The zero-order valence-electron chi connectivity index (χ0n) is 10.7. The summed E-state index contributed by atoms with van der Waals surface area (Å²) in [6.45, 7) is 14.6. The third-order valence-corrected chi connectivity index (χ3v) is 4.75. The topological polar surface area (TPSA) is 15.3 Å². The molecule has 15 heavy (non-hydrogen) atoms. The van der Waals surface area contributed by atoms with Gasteiger partial charge < -0.3 is 5.32 Å². The molecule has 0 amide bonds. The third kappa shape index (κ3) is 1.94. The van der Waals surface area contributed by atoms with Gasteiger partial charge in [0.05, 0.1) is 0 Å². The zero-order chi connectivity index (χ0) is 11.1. The molecule has 0 aromatic heterocycles. The van der Waals surface area contributed by atoms with Crippen molar-refractivity contribution in [2.24, 2.45) is 17.8 Å². The molecule has 0 spiro atoms. The first-order valence-corrected chi connectivity index (χ1v) is 6.51. The number of likely N-dealkylation sites (tertiary alicyclic amines) is 1. The number of hydrogen-bond acceptors (Lipinski definition) is 2. The Morgan fingerprint density at radius 1 is 1.40 bits per heavy atom. The van der Waals surface area contributed by atoms with Crippen LogP contribution in [0.5, 0.6) is 0 Å². The van der Waals surface area contributed by atoms with Gasteiger partial charge in [0.1, 0.15) is 0 Å². The lowest BCUT2D eigenvalue weighted by atomic mass is 9.84. The predicted octanol–water partition coefficient (Wildman–Crippen LogP) is 1.96. The van der Waals surface area contributed by atoms with Crippen molar-refractivity contribution in [3.63, 3.8) is 0 Å². The van der Waals surface area contributed by atoms with Crippen LogP contribution in [-0.2, 0) is 0 Å². The van der Waals surface area contributed by atoms with Gasteiger partial charge in [0.15, 0.2) is 0 Å². The monoisotopic (exact) mass is 210 g/mol. The molecule has 3 atom stereocenters. The van der Waals surface area contributed by atoms with Crippen LogP contribution in [-0.4, -0.2) is 36.6 Å². The van der Waals surface area contributed by atoms with E-state index in [9.17, 15) is 0 Å². The van der Waals surface area contributed by atoms with Gasteiger partial charge in [-0.3, -0.25) is 4.90 Å². The lowest BCUT2D eigenvalue weighted by Crippen LogP contribution is -2.46. The van der Waals surface area contributed by atoms with E-state index >= 15 is 0 Å². The Balaban J connectivity index is 2.02. The van der Waals surface area contributed by atoms with Gasteiger partial charge in [-0.25, -0.2) is 0 Å². The Bertz CT molecular complexity index is 223. The molecular formula is C13H26N2. The first kappa shape index (κ1) is 11.4. The molecule has 2 fully saturated rings. The van der Waals surface area contributed by atoms with Crippen LogP contribution in [0.1, 0.15) is 34.1 Å². The van der Waals surface area contributed by atoms with E-state index in [1.165, 1.54) is 32.6 Å². The van der Waals surface area contributed by atoms with E-state index in [0.29, 0.717) is 5.54 Å². The predicted molar refractivity (Wildman–Crippen MR) is 65.0 cm³/mol. The maximum atomic E-state index is 3.54. The number of fused-ring (bicyclic) bond motifs is 1. The Morgan fingerprint density at radius 2 is 2.13 bits per heavy atom. The van der Waals surface area contributed by atoms with Crippen molar-refractivity contribution in [2.45, 2.75) is 39.7 Å². The van der Waals surface area contributed by atoms with E-state index in [1.54, 1.807) is 0 Å². The van der Waals surface area contributed by atoms with Crippen molar-refractivity contribution in [1.29, 1.82) is 0 Å². The lowest BCUT2D eigenvalue weighted by Gasteiger charge is -2.37. The van der Waals surface area contributed by atoms with Crippen LogP contribution < -0.4 is 5.32 Å². The summed E-state index contributed by atoms with van der Waals surface area (Å²) in [5.74, 6) is 2.63. The molecule has 1 N–H and O–H groups in total. The van der Waals surface area contributed by atoms with Gasteiger partial charge in [0.2, 0.25) is 0 Å². The van der Waals surface area contributed by atoms with Gasteiger partial charge in [-0.15, -0.1) is 0 Å². The Hall–Kier alpha value is -0.0800. The minimum atomic E-state index is 0.414. The molecule has 2 aliphatic rings. The highest BCUT2D eigenvalue weighted by atomic mass is 15.2.